The zero-order valence-corrected chi connectivity index (χ0v) is 49.5. The molecule has 0 aromatic rings. The van der Waals surface area contributed by atoms with Gasteiger partial charge >= 0.3 is 17.9 Å². The SMILES string of the molecule is CC/C=C\C/C=C\C/C=C\C/C=C\C/C=C\C/C=C\CCCCCCCCCCCCCCCCCCC(=O)OCC(COC(=O)CCCCCCCCCCCC)OC(=O)CC/C=C\C/C=C\C/C=C\C/C=C\CC. The van der Waals surface area contributed by atoms with Crippen LogP contribution in [0.4, 0.5) is 0 Å². The summed E-state index contributed by atoms with van der Waals surface area (Å²) in [6.07, 6.45) is 88.2. The van der Waals surface area contributed by atoms with E-state index in [0.29, 0.717) is 19.3 Å². The van der Waals surface area contributed by atoms with Crippen LogP contribution in [0, 0.1) is 0 Å². The first kappa shape index (κ1) is 71.8. The molecule has 0 heterocycles. The lowest BCUT2D eigenvalue weighted by Crippen LogP contribution is -2.30. The van der Waals surface area contributed by atoms with Gasteiger partial charge in [0.1, 0.15) is 13.2 Å². The van der Waals surface area contributed by atoms with Gasteiger partial charge in [0.25, 0.3) is 0 Å². The number of hydrogen-bond acceptors (Lipinski definition) is 6. The molecule has 0 aliphatic heterocycles. The van der Waals surface area contributed by atoms with E-state index in [1.807, 2.05) is 12.2 Å². The van der Waals surface area contributed by atoms with Gasteiger partial charge in [-0.25, -0.2) is 0 Å². The van der Waals surface area contributed by atoms with E-state index >= 15 is 0 Å². The summed E-state index contributed by atoms with van der Waals surface area (Å²) in [7, 11) is 0. The summed E-state index contributed by atoms with van der Waals surface area (Å²) < 4.78 is 16.8. The second-order valence-corrected chi connectivity index (χ2v) is 20.6. The minimum Gasteiger partial charge on any atom is -0.462 e. The van der Waals surface area contributed by atoms with Crippen molar-refractivity contribution in [1.82, 2.24) is 0 Å². The van der Waals surface area contributed by atoms with E-state index in [1.54, 1.807) is 0 Å². The third-order valence-corrected chi connectivity index (χ3v) is 13.2. The standard InChI is InChI=1S/C70H116O6/c1-4-7-10-13-16-19-22-24-25-26-27-28-29-30-31-32-33-34-35-36-37-38-39-40-41-42-43-44-45-47-48-51-54-57-60-63-69(72)75-66-67(65-74-68(71)62-59-56-53-50-21-18-15-12-9-6-3)76-70(73)64-61-58-55-52-49-46-23-20-17-14-11-8-5-2/h7-8,10-11,16-17,19-20,24-25,27-28,30-31,33-34,46,49,55,58,67H,4-6,9,12-15,18,21-23,26,29,32,35-45,47-48,50-54,56-57,59-66H2,1-3H3/b10-7-,11-8-,19-16-,20-17-,25-24-,28-27-,31-30-,34-33-,49-46-,58-55-. The predicted molar refractivity (Wildman–Crippen MR) is 330 cm³/mol. The van der Waals surface area contributed by atoms with E-state index in [2.05, 4.69) is 130 Å². The molecule has 0 fully saturated rings. The van der Waals surface area contributed by atoms with Gasteiger partial charge in [-0.15, -0.1) is 0 Å². The summed E-state index contributed by atoms with van der Waals surface area (Å²) >= 11 is 0. The molecule has 0 aromatic heterocycles. The lowest BCUT2D eigenvalue weighted by atomic mass is 10.0. The smallest absolute Gasteiger partial charge is 0.306 e. The minimum absolute atomic E-state index is 0.104. The summed E-state index contributed by atoms with van der Waals surface area (Å²) in [5.41, 5.74) is 0. The van der Waals surface area contributed by atoms with Gasteiger partial charge in [0.05, 0.1) is 0 Å². The van der Waals surface area contributed by atoms with Crippen LogP contribution in [-0.2, 0) is 28.6 Å². The van der Waals surface area contributed by atoms with Crippen LogP contribution in [0.3, 0.4) is 0 Å². The largest absolute Gasteiger partial charge is 0.462 e. The van der Waals surface area contributed by atoms with Crippen molar-refractivity contribution in [2.45, 2.75) is 290 Å². The molecule has 0 spiro atoms. The highest BCUT2D eigenvalue weighted by atomic mass is 16.6. The number of esters is 3. The molecule has 1 atom stereocenters. The monoisotopic (exact) mass is 1050 g/mol. The van der Waals surface area contributed by atoms with Gasteiger partial charge in [0.2, 0.25) is 0 Å². The third kappa shape index (κ3) is 60.7. The van der Waals surface area contributed by atoms with Crippen LogP contribution in [-0.4, -0.2) is 37.2 Å². The van der Waals surface area contributed by atoms with Gasteiger partial charge in [-0.1, -0.05) is 290 Å². The third-order valence-electron chi connectivity index (χ3n) is 13.2. The van der Waals surface area contributed by atoms with Crippen molar-refractivity contribution in [3.8, 4) is 0 Å². The molecule has 0 amide bonds. The van der Waals surface area contributed by atoms with E-state index in [4.69, 9.17) is 14.2 Å². The molecule has 0 aliphatic carbocycles. The number of hydrogen-bond donors (Lipinski definition) is 0. The fourth-order valence-electron chi connectivity index (χ4n) is 8.58. The van der Waals surface area contributed by atoms with Crippen LogP contribution in [0.15, 0.2) is 122 Å². The molecule has 432 valence electrons. The molecular weight excluding hydrogens is 937 g/mol. The van der Waals surface area contributed by atoms with Crippen molar-refractivity contribution in [3.63, 3.8) is 0 Å². The molecule has 0 aromatic carbocycles. The quantitative estimate of drug-likeness (QED) is 0.0261. The molecular formula is C70H116O6. The molecule has 1 unspecified atom stereocenters. The minimum atomic E-state index is -0.814. The molecule has 0 rings (SSSR count). The molecule has 6 heteroatoms. The maximum absolute atomic E-state index is 12.8. The first-order valence-electron chi connectivity index (χ1n) is 31.5. The second kappa shape index (κ2) is 63.3. The van der Waals surface area contributed by atoms with Crippen LogP contribution in [0.2, 0.25) is 0 Å². The average Bonchev–Trinajstić information content (AvgIpc) is 3.42. The highest BCUT2D eigenvalue weighted by Gasteiger charge is 2.19. The molecule has 0 bridgehead atoms. The summed E-state index contributed by atoms with van der Waals surface area (Å²) in [5, 5.41) is 0. The number of rotatable bonds is 56. The van der Waals surface area contributed by atoms with Crippen LogP contribution < -0.4 is 0 Å². The molecule has 0 N–H and O–H groups in total. The van der Waals surface area contributed by atoms with Crippen LogP contribution in [0.5, 0.6) is 0 Å². The first-order valence-corrected chi connectivity index (χ1v) is 31.5. The Morgan fingerprint density at radius 1 is 0.276 bits per heavy atom. The van der Waals surface area contributed by atoms with Crippen molar-refractivity contribution in [1.29, 1.82) is 0 Å². The van der Waals surface area contributed by atoms with Crippen molar-refractivity contribution in [2.24, 2.45) is 0 Å². The van der Waals surface area contributed by atoms with E-state index in [-0.39, 0.29) is 37.5 Å². The van der Waals surface area contributed by atoms with Gasteiger partial charge in [-0.3, -0.25) is 14.4 Å². The topological polar surface area (TPSA) is 78.9 Å². The first-order chi connectivity index (χ1) is 37.5. The van der Waals surface area contributed by atoms with Gasteiger partial charge < -0.3 is 14.2 Å². The van der Waals surface area contributed by atoms with Crippen molar-refractivity contribution in [2.75, 3.05) is 13.2 Å². The van der Waals surface area contributed by atoms with Crippen molar-refractivity contribution < 1.29 is 28.6 Å². The second-order valence-electron chi connectivity index (χ2n) is 20.6. The van der Waals surface area contributed by atoms with Gasteiger partial charge in [0.15, 0.2) is 6.10 Å². The van der Waals surface area contributed by atoms with Crippen molar-refractivity contribution >= 4 is 17.9 Å². The Labute approximate surface area is 469 Å². The number of allylic oxidation sites excluding steroid dienone is 20. The summed E-state index contributed by atoms with van der Waals surface area (Å²) in [4.78, 5) is 38.0. The predicted octanol–water partition coefficient (Wildman–Crippen LogP) is 21.6. The Balaban J connectivity index is 4.10. The Morgan fingerprint density at radius 3 is 0.855 bits per heavy atom. The Kier molecular flexibility index (Phi) is 59.9. The summed E-state index contributed by atoms with van der Waals surface area (Å²) in [6.45, 7) is 6.34. The molecule has 76 heavy (non-hydrogen) atoms. The fraction of sp³-hybridized carbons (Fsp3) is 0.671. The summed E-state index contributed by atoms with van der Waals surface area (Å²) in [5.74, 6) is -0.985. The molecule has 0 saturated carbocycles. The van der Waals surface area contributed by atoms with Crippen LogP contribution >= 0.6 is 0 Å². The lowest BCUT2D eigenvalue weighted by Gasteiger charge is -2.18. The maximum atomic E-state index is 12.8. The normalized spacial score (nSPS) is 12.9. The number of unbranched alkanes of at least 4 members (excludes halogenated alkanes) is 25. The van der Waals surface area contributed by atoms with Crippen LogP contribution in [0.1, 0.15) is 284 Å². The van der Waals surface area contributed by atoms with Crippen LogP contribution in [0.25, 0.3) is 0 Å². The Morgan fingerprint density at radius 2 is 0.539 bits per heavy atom. The maximum Gasteiger partial charge on any atom is 0.306 e. The van der Waals surface area contributed by atoms with Gasteiger partial charge in [0, 0.05) is 19.3 Å². The van der Waals surface area contributed by atoms with E-state index < -0.39 is 6.10 Å². The molecule has 0 aliphatic rings. The summed E-state index contributed by atoms with van der Waals surface area (Å²) in [6, 6.07) is 0. The van der Waals surface area contributed by atoms with Gasteiger partial charge in [-0.2, -0.15) is 0 Å². The van der Waals surface area contributed by atoms with Gasteiger partial charge in [-0.05, 0) is 96.3 Å². The molecule has 0 radical (unpaired) electrons. The zero-order valence-electron chi connectivity index (χ0n) is 49.5. The van der Waals surface area contributed by atoms with E-state index in [9.17, 15) is 14.4 Å². The number of ether oxygens (including phenoxy) is 3. The number of carbonyl (C=O) groups is 3. The zero-order chi connectivity index (χ0) is 55.0. The highest BCUT2D eigenvalue weighted by Crippen LogP contribution is 2.16. The Bertz CT molecular complexity index is 1590. The molecule has 6 nitrogen and oxygen atoms in total. The lowest BCUT2D eigenvalue weighted by molar-refractivity contribution is -0.166. The van der Waals surface area contributed by atoms with E-state index in [1.165, 1.54) is 135 Å². The molecule has 0 saturated heterocycles. The number of carbonyl (C=O) groups excluding carboxylic acids is 3. The van der Waals surface area contributed by atoms with Crippen molar-refractivity contribution in [3.05, 3.63) is 122 Å². The average molecular weight is 1050 g/mol. The van der Waals surface area contributed by atoms with E-state index in [0.717, 1.165) is 103 Å². The fourth-order valence-corrected chi connectivity index (χ4v) is 8.58. The Hall–Kier alpha value is -4.19. The highest BCUT2D eigenvalue weighted by molar-refractivity contribution is 5.71.